The Hall–Kier alpha value is -3.05. The number of nitrogens with zero attached hydrogens (tertiary/aromatic N) is 7. The van der Waals surface area contributed by atoms with E-state index in [1.807, 2.05) is 22.6 Å². The first-order valence-corrected chi connectivity index (χ1v) is 12.9. The van der Waals surface area contributed by atoms with Gasteiger partial charge in [-0.2, -0.15) is 5.10 Å². The zero-order valence-corrected chi connectivity index (χ0v) is 21.6. The number of carbonyl (C=O) groups excluding carboxylic acids is 2. The number of pyridine rings is 1. The van der Waals surface area contributed by atoms with Gasteiger partial charge in [0.15, 0.2) is 5.82 Å². The number of carbonyl (C=O) groups is 2. The highest BCUT2D eigenvalue weighted by atomic mass is 16.5. The van der Waals surface area contributed by atoms with Gasteiger partial charge in [-0.05, 0) is 38.9 Å². The van der Waals surface area contributed by atoms with Crippen LogP contribution in [0.25, 0.3) is 11.4 Å². The van der Waals surface area contributed by atoms with E-state index < -0.39 is 6.09 Å². The standard InChI is InChI=1S/C25H38N8O3/c1-19-27-24(29-33(19)15-14-32(20(2)34)22-6-4-5-7-22)21-8-9-26-23(18-21)28-25(35)36-17-16-31-12-10-30(3)11-13-31/h8-9,18,22H,4-7,10-17H2,1-3H3,(H,26,28,35). The Labute approximate surface area is 212 Å². The molecule has 0 bridgehead atoms. The molecule has 0 spiro atoms. The number of anilines is 1. The highest BCUT2D eigenvalue weighted by molar-refractivity contribution is 5.84. The van der Waals surface area contributed by atoms with E-state index >= 15 is 0 Å². The highest BCUT2D eigenvalue weighted by Crippen LogP contribution is 2.24. The lowest BCUT2D eigenvalue weighted by Gasteiger charge is -2.31. The molecule has 2 aromatic rings. The van der Waals surface area contributed by atoms with Crippen molar-refractivity contribution >= 4 is 17.8 Å². The van der Waals surface area contributed by atoms with Crippen LogP contribution in [0.2, 0.25) is 0 Å². The van der Waals surface area contributed by atoms with E-state index in [4.69, 9.17) is 4.74 Å². The molecule has 2 aliphatic rings. The van der Waals surface area contributed by atoms with Crippen LogP contribution in [-0.2, 0) is 16.1 Å². The number of aryl methyl sites for hydroxylation is 1. The van der Waals surface area contributed by atoms with E-state index in [0.717, 1.165) is 57.0 Å². The van der Waals surface area contributed by atoms with Gasteiger partial charge in [-0.3, -0.25) is 15.0 Å². The quantitative estimate of drug-likeness (QED) is 0.561. The van der Waals surface area contributed by atoms with Gasteiger partial charge in [-0.25, -0.2) is 19.4 Å². The molecule has 0 unspecified atom stereocenters. The Morgan fingerprint density at radius 3 is 2.64 bits per heavy atom. The molecule has 0 atom stereocenters. The SMILES string of the molecule is CC(=O)N(CCn1nc(-c2ccnc(NC(=O)OCCN3CCN(C)CC3)c2)nc1C)C1CCCC1. The lowest BCUT2D eigenvalue weighted by Crippen LogP contribution is -2.45. The maximum atomic E-state index is 12.3. The molecule has 3 heterocycles. The lowest BCUT2D eigenvalue weighted by molar-refractivity contribution is -0.131. The van der Waals surface area contributed by atoms with Gasteiger partial charge < -0.3 is 14.5 Å². The van der Waals surface area contributed by atoms with E-state index in [2.05, 4.69) is 37.2 Å². The largest absolute Gasteiger partial charge is 0.448 e. The van der Waals surface area contributed by atoms with Gasteiger partial charge in [0.1, 0.15) is 18.2 Å². The smallest absolute Gasteiger partial charge is 0.412 e. The number of hydrogen-bond acceptors (Lipinski definition) is 8. The zero-order valence-electron chi connectivity index (χ0n) is 21.6. The Bertz CT molecular complexity index is 1030. The summed E-state index contributed by atoms with van der Waals surface area (Å²) in [6, 6.07) is 3.88. The third-order valence-corrected chi connectivity index (χ3v) is 7.06. The predicted molar refractivity (Wildman–Crippen MR) is 137 cm³/mol. The van der Waals surface area contributed by atoms with Gasteiger partial charge in [-0.15, -0.1) is 0 Å². The topological polar surface area (TPSA) is 109 Å². The number of amides is 2. The van der Waals surface area contributed by atoms with Crippen LogP contribution in [0.3, 0.4) is 0 Å². The Morgan fingerprint density at radius 1 is 1.17 bits per heavy atom. The first kappa shape index (κ1) is 26.0. The summed E-state index contributed by atoms with van der Waals surface area (Å²) >= 11 is 0. The molecule has 2 amide bonds. The molecular formula is C25H38N8O3. The number of likely N-dealkylation sites (N-methyl/N-ethyl adjacent to an activating group) is 1. The molecule has 0 radical (unpaired) electrons. The molecular weight excluding hydrogens is 460 g/mol. The molecule has 11 heteroatoms. The molecule has 11 nitrogen and oxygen atoms in total. The molecule has 36 heavy (non-hydrogen) atoms. The second-order valence-electron chi connectivity index (χ2n) is 9.69. The average Bonchev–Trinajstić information content (AvgIpc) is 3.51. The van der Waals surface area contributed by atoms with Crippen LogP contribution in [-0.4, -0.2) is 105 Å². The number of aromatic nitrogens is 4. The molecule has 1 N–H and O–H groups in total. The van der Waals surface area contributed by atoms with E-state index in [9.17, 15) is 9.59 Å². The van der Waals surface area contributed by atoms with Crippen LogP contribution in [0.1, 0.15) is 38.4 Å². The summed E-state index contributed by atoms with van der Waals surface area (Å²) < 4.78 is 7.18. The molecule has 4 rings (SSSR count). The van der Waals surface area contributed by atoms with Crippen LogP contribution in [0.5, 0.6) is 0 Å². The maximum absolute atomic E-state index is 12.3. The molecule has 1 saturated carbocycles. The monoisotopic (exact) mass is 498 g/mol. The van der Waals surface area contributed by atoms with Crippen molar-refractivity contribution in [1.29, 1.82) is 0 Å². The van der Waals surface area contributed by atoms with E-state index in [1.165, 1.54) is 12.8 Å². The van der Waals surface area contributed by atoms with Crippen LogP contribution in [0.4, 0.5) is 10.6 Å². The van der Waals surface area contributed by atoms with Crippen molar-refractivity contribution in [3.05, 3.63) is 24.2 Å². The van der Waals surface area contributed by atoms with Gasteiger partial charge in [0.2, 0.25) is 5.91 Å². The van der Waals surface area contributed by atoms with Crippen molar-refractivity contribution in [2.24, 2.45) is 0 Å². The third-order valence-electron chi connectivity index (χ3n) is 7.06. The number of hydrogen-bond donors (Lipinski definition) is 1. The normalized spacial score (nSPS) is 17.3. The van der Waals surface area contributed by atoms with Crippen LogP contribution >= 0.6 is 0 Å². The fraction of sp³-hybridized carbons (Fsp3) is 0.640. The van der Waals surface area contributed by atoms with Gasteiger partial charge in [0.25, 0.3) is 0 Å². The van der Waals surface area contributed by atoms with Crippen LogP contribution in [0.15, 0.2) is 18.3 Å². The minimum atomic E-state index is -0.528. The molecule has 1 aliphatic heterocycles. The Balaban J connectivity index is 1.30. The zero-order chi connectivity index (χ0) is 25.5. The second-order valence-corrected chi connectivity index (χ2v) is 9.69. The van der Waals surface area contributed by atoms with E-state index in [0.29, 0.717) is 37.4 Å². The molecule has 1 aliphatic carbocycles. The summed E-state index contributed by atoms with van der Waals surface area (Å²) in [5.41, 5.74) is 0.749. The summed E-state index contributed by atoms with van der Waals surface area (Å²) in [5, 5.41) is 7.35. The van der Waals surface area contributed by atoms with E-state index in [-0.39, 0.29) is 5.91 Å². The summed E-state index contributed by atoms with van der Waals surface area (Å²) in [4.78, 5) is 39.8. The molecule has 2 aromatic heterocycles. The third kappa shape index (κ3) is 7.01. The van der Waals surface area contributed by atoms with Gasteiger partial charge >= 0.3 is 6.09 Å². The molecule has 1 saturated heterocycles. The van der Waals surface area contributed by atoms with Crippen molar-refractivity contribution < 1.29 is 14.3 Å². The number of rotatable bonds is 9. The fourth-order valence-corrected chi connectivity index (χ4v) is 4.89. The Morgan fingerprint density at radius 2 is 1.92 bits per heavy atom. The summed E-state index contributed by atoms with van der Waals surface area (Å²) in [6.07, 6.45) is 5.60. The highest BCUT2D eigenvalue weighted by Gasteiger charge is 2.24. The number of nitrogens with one attached hydrogen (secondary N) is 1. The van der Waals surface area contributed by atoms with Crippen LogP contribution < -0.4 is 5.32 Å². The molecule has 196 valence electrons. The fourth-order valence-electron chi connectivity index (χ4n) is 4.89. The van der Waals surface area contributed by atoms with E-state index in [1.54, 1.807) is 19.2 Å². The van der Waals surface area contributed by atoms with Gasteiger partial charge in [-0.1, -0.05) is 12.8 Å². The first-order chi connectivity index (χ1) is 17.4. The minimum Gasteiger partial charge on any atom is -0.448 e. The van der Waals surface area contributed by atoms with Crippen molar-refractivity contribution in [3.8, 4) is 11.4 Å². The van der Waals surface area contributed by atoms with Gasteiger partial charge in [0, 0.05) is 64.0 Å². The second kappa shape index (κ2) is 12.3. The minimum absolute atomic E-state index is 0.111. The van der Waals surface area contributed by atoms with Gasteiger partial charge in [0.05, 0.1) is 6.54 Å². The summed E-state index contributed by atoms with van der Waals surface area (Å²) in [6.45, 7) is 9.83. The lowest BCUT2D eigenvalue weighted by atomic mass is 10.2. The maximum Gasteiger partial charge on any atom is 0.412 e. The summed E-state index contributed by atoms with van der Waals surface area (Å²) in [5.74, 6) is 1.82. The molecule has 2 fully saturated rings. The van der Waals surface area contributed by atoms with Crippen molar-refractivity contribution in [2.45, 2.75) is 52.1 Å². The predicted octanol–water partition coefficient (Wildman–Crippen LogP) is 2.24. The van der Waals surface area contributed by atoms with Crippen molar-refractivity contribution in [3.63, 3.8) is 0 Å². The molecule has 0 aromatic carbocycles. The van der Waals surface area contributed by atoms with Crippen molar-refractivity contribution in [1.82, 2.24) is 34.4 Å². The first-order valence-electron chi connectivity index (χ1n) is 12.9. The van der Waals surface area contributed by atoms with Crippen molar-refractivity contribution in [2.75, 3.05) is 58.2 Å². The van der Waals surface area contributed by atoms with Crippen LogP contribution in [0, 0.1) is 6.92 Å². The Kier molecular flexibility index (Phi) is 8.87. The number of piperazine rings is 1. The number of ether oxygens (including phenoxy) is 1. The average molecular weight is 499 g/mol. The summed E-state index contributed by atoms with van der Waals surface area (Å²) in [7, 11) is 2.11.